The second-order valence-corrected chi connectivity index (χ2v) is 8.68. The van der Waals surface area contributed by atoms with Gasteiger partial charge >= 0.3 is 0 Å². The zero-order chi connectivity index (χ0) is 20.0. The van der Waals surface area contributed by atoms with Gasteiger partial charge in [-0.15, -0.1) is 0 Å². The maximum absolute atomic E-state index is 12.5. The van der Waals surface area contributed by atoms with Crippen LogP contribution in [0.4, 0.5) is 5.69 Å². The van der Waals surface area contributed by atoms with Crippen molar-refractivity contribution in [1.29, 1.82) is 0 Å². The maximum Gasteiger partial charge on any atom is 0.252 e. The summed E-state index contributed by atoms with van der Waals surface area (Å²) in [5, 5.41) is 2.67. The predicted molar refractivity (Wildman–Crippen MR) is 108 cm³/mol. The molecule has 0 aliphatic carbocycles. The molecule has 0 radical (unpaired) electrons. The molecule has 0 saturated carbocycles. The van der Waals surface area contributed by atoms with Crippen LogP contribution in [0.2, 0.25) is 0 Å². The number of amides is 1. The monoisotopic (exact) mass is 404 g/mol. The molecule has 150 valence electrons. The minimum Gasteiger partial charge on any atom is -0.369 e. The van der Waals surface area contributed by atoms with E-state index in [-0.39, 0.29) is 23.8 Å². The largest absolute Gasteiger partial charge is 0.369 e. The van der Waals surface area contributed by atoms with Gasteiger partial charge in [-0.05, 0) is 24.6 Å². The van der Waals surface area contributed by atoms with Crippen molar-refractivity contribution < 1.29 is 13.2 Å². The van der Waals surface area contributed by atoms with Crippen LogP contribution in [-0.4, -0.2) is 62.1 Å². The summed E-state index contributed by atoms with van der Waals surface area (Å²) >= 11 is 0. The number of hydrogen-bond acceptors (Lipinski definition) is 5. The molecule has 0 spiro atoms. The highest BCUT2D eigenvalue weighted by molar-refractivity contribution is 7.89. The Kier molecular flexibility index (Phi) is 6.48. The molecule has 0 atom stereocenters. The summed E-state index contributed by atoms with van der Waals surface area (Å²) < 4.78 is 26.6. The van der Waals surface area contributed by atoms with Crippen molar-refractivity contribution in [2.45, 2.75) is 6.42 Å². The predicted octanol–water partition coefficient (Wildman–Crippen LogP) is 0.647. The molecule has 2 N–H and O–H groups in total. The number of benzene rings is 1. The molecule has 1 amide bonds. The minimum atomic E-state index is -3.35. The first-order chi connectivity index (χ1) is 13.5. The van der Waals surface area contributed by atoms with Crippen molar-refractivity contribution >= 4 is 21.6 Å². The van der Waals surface area contributed by atoms with E-state index in [9.17, 15) is 18.0 Å². The third-order valence-electron chi connectivity index (χ3n) is 4.66. The molecule has 1 saturated heterocycles. The minimum absolute atomic E-state index is 0.00968. The number of sulfonamides is 1. The van der Waals surface area contributed by atoms with E-state index in [1.165, 1.54) is 22.6 Å². The normalized spacial score (nSPS) is 15.4. The van der Waals surface area contributed by atoms with Crippen LogP contribution >= 0.6 is 0 Å². The lowest BCUT2D eigenvalue weighted by molar-refractivity contribution is 0.0953. The van der Waals surface area contributed by atoms with E-state index in [0.29, 0.717) is 38.2 Å². The van der Waals surface area contributed by atoms with E-state index >= 15 is 0 Å². The van der Waals surface area contributed by atoms with Crippen LogP contribution in [0.5, 0.6) is 0 Å². The van der Waals surface area contributed by atoms with E-state index in [2.05, 4.69) is 15.2 Å². The van der Waals surface area contributed by atoms with Crippen molar-refractivity contribution in [1.82, 2.24) is 14.6 Å². The molecular formula is C19H24N4O4S. The van der Waals surface area contributed by atoms with Gasteiger partial charge in [-0.1, -0.05) is 18.2 Å². The molecule has 9 heteroatoms. The number of nitrogens with one attached hydrogen (secondary N) is 2. The van der Waals surface area contributed by atoms with Gasteiger partial charge in [0.1, 0.15) is 0 Å². The summed E-state index contributed by atoms with van der Waals surface area (Å²) in [4.78, 5) is 27.6. The number of pyridine rings is 1. The molecule has 8 nitrogen and oxygen atoms in total. The number of aromatic nitrogens is 1. The summed E-state index contributed by atoms with van der Waals surface area (Å²) in [6, 6.07) is 12.6. The summed E-state index contributed by atoms with van der Waals surface area (Å²) in [5.41, 5.74) is 1.15. The van der Waals surface area contributed by atoms with Crippen molar-refractivity contribution in [3.05, 3.63) is 64.6 Å². The number of H-pyrrole nitrogens is 1. The Labute approximate surface area is 164 Å². The molecule has 1 aromatic heterocycles. The van der Waals surface area contributed by atoms with Crippen LogP contribution in [0.1, 0.15) is 16.8 Å². The van der Waals surface area contributed by atoms with Crippen LogP contribution in [0.15, 0.2) is 53.5 Å². The molecule has 1 aliphatic heterocycles. The Morgan fingerprint density at radius 1 is 1.04 bits per heavy atom. The number of hydrogen-bond donors (Lipinski definition) is 2. The van der Waals surface area contributed by atoms with Crippen molar-refractivity contribution in [3.63, 3.8) is 0 Å². The molecule has 0 unspecified atom stereocenters. The standard InChI is InChI=1S/C19H24N4O4S/c24-18-8-7-16(15-21-18)19(25)20-9-4-14-28(26,27)23-12-10-22(11-13-23)17-5-2-1-3-6-17/h1-3,5-8,15H,4,9-14H2,(H,20,25)(H,21,24). The second-order valence-electron chi connectivity index (χ2n) is 6.59. The van der Waals surface area contributed by atoms with E-state index in [1.807, 2.05) is 30.3 Å². The number of anilines is 1. The van der Waals surface area contributed by atoms with Crippen molar-refractivity contribution in [3.8, 4) is 0 Å². The fraction of sp³-hybridized carbons (Fsp3) is 0.368. The maximum atomic E-state index is 12.5. The average molecular weight is 404 g/mol. The first-order valence-corrected chi connectivity index (χ1v) is 10.8. The number of aromatic amines is 1. The summed E-state index contributed by atoms with van der Waals surface area (Å²) in [7, 11) is -3.35. The molecule has 1 aliphatic rings. The quantitative estimate of drug-likeness (QED) is 0.660. The number of para-hydroxylation sites is 1. The lowest BCUT2D eigenvalue weighted by Crippen LogP contribution is -2.49. The number of rotatable bonds is 7. The molecule has 28 heavy (non-hydrogen) atoms. The van der Waals surface area contributed by atoms with Gasteiger partial charge in [-0.2, -0.15) is 4.31 Å². The van der Waals surface area contributed by atoms with Crippen LogP contribution in [0, 0.1) is 0 Å². The zero-order valence-electron chi connectivity index (χ0n) is 15.5. The van der Waals surface area contributed by atoms with Gasteiger partial charge in [0.05, 0.1) is 11.3 Å². The molecule has 2 heterocycles. The van der Waals surface area contributed by atoms with Crippen LogP contribution in [0.3, 0.4) is 0 Å². The Bertz CT molecular complexity index is 931. The molecule has 1 fully saturated rings. The second kappa shape index (κ2) is 9.03. The molecule has 1 aromatic carbocycles. The van der Waals surface area contributed by atoms with E-state index < -0.39 is 10.0 Å². The molecule has 3 rings (SSSR count). The topological polar surface area (TPSA) is 103 Å². The summed E-state index contributed by atoms with van der Waals surface area (Å²) in [6.45, 7) is 2.49. The third-order valence-corrected chi connectivity index (χ3v) is 6.62. The van der Waals surface area contributed by atoms with Gasteiger partial charge in [0.2, 0.25) is 15.6 Å². The smallest absolute Gasteiger partial charge is 0.252 e. The van der Waals surface area contributed by atoms with Crippen LogP contribution < -0.4 is 15.8 Å². The van der Waals surface area contributed by atoms with E-state index in [4.69, 9.17) is 0 Å². The van der Waals surface area contributed by atoms with Gasteiger partial charge in [0, 0.05) is 50.7 Å². The average Bonchev–Trinajstić information content (AvgIpc) is 2.72. The van der Waals surface area contributed by atoms with E-state index in [0.717, 1.165) is 5.69 Å². The first-order valence-electron chi connectivity index (χ1n) is 9.20. The number of piperazine rings is 1. The highest BCUT2D eigenvalue weighted by atomic mass is 32.2. The van der Waals surface area contributed by atoms with Crippen LogP contribution in [0.25, 0.3) is 0 Å². The fourth-order valence-electron chi connectivity index (χ4n) is 3.10. The fourth-order valence-corrected chi connectivity index (χ4v) is 4.59. The van der Waals surface area contributed by atoms with Gasteiger partial charge in [0.25, 0.3) is 5.91 Å². The van der Waals surface area contributed by atoms with E-state index in [1.54, 1.807) is 0 Å². The summed E-state index contributed by atoms with van der Waals surface area (Å²) in [6.07, 6.45) is 1.66. The lowest BCUT2D eigenvalue weighted by Gasteiger charge is -2.35. The van der Waals surface area contributed by atoms with Crippen molar-refractivity contribution in [2.24, 2.45) is 0 Å². The van der Waals surface area contributed by atoms with Gasteiger partial charge in [-0.3, -0.25) is 9.59 Å². The Balaban J connectivity index is 1.42. The van der Waals surface area contributed by atoms with Gasteiger partial charge < -0.3 is 15.2 Å². The Morgan fingerprint density at radius 2 is 1.75 bits per heavy atom. The highest BCUT2D eigenvalue weighted by Gasteiger charge is 2.26. The van der Waals surface area contributed by atoms with Crippen molar-refractivity contribution in [2.75, 3.05) is 43.4 Å². The Morgan fingerprint density at radius 3 is 2.39 bits per heavy atom. The SMILES string of the molecule is O=C(NCCCS(=O)(=O)N1CCN(c2ccccc2)CC1)c1ccc(=O)[nH]c1. The first kappa shape index (κ1) is 20.1. The summed E-state index contributed by atoms with van der Waals surface area (Å²) in [5.74, 6) is -0.352. The van der Waals surface area contributed by atoms with Gasteiger partial charge in [0.15, 0.2) is 0 Å². The number of carbonyl (C=O) groups is 1. The molecule has 2 aromatic rings. The lowest BCUT2D eigenvalue weighted by atomic mass is 10.2. The van der Waals surface area contributed by atoms with Gasteiger partial charge in [-0.25, -0.2) is 8.42 Å². The number of carbonyl (C=O) groups excluding carboxylic acids is 1. The molecular weight excluding hydrogens is 380 g/mol. The number of nitrogens with zero attached hydrogens (tertiary/aromatic N) is 2. The third kappa shape index (κ3) is 5.20. The zero-order valence-corrected chi connectivity index (χ0v) is 16.3. The molecule has 0 bridgehead atoms. The highest BCUT2D eigenvalue weighted by Crippen LogP contribution is 2.17. The van der Waals surface area contributed by atoms with Crippen LogP contribution in [-0.2, 0) is 10.0 Å². The Hall–Kier alpha value is -2.65.